The van der Waals surface area contributed by atoms with Crippen LogP contribution in [0.1, 0.15) is 15.9 Å². The Balaban J connectivity index is 1.79. The Morgan fingerprint density at radius 3 is 2.50 bits per heavy atom. The molecular weight excluding hydrogens is 423 g/mol. The van der Waals surface area contributed by atoms with Crippen LogP contribution in [0.3, 0.4) is 0 Å². The molecule has 1 amide bonds. The molecule has 0 bridgehead atoms. The summed E-state index contributed by atoms with van der Waals surface area (Å²) >= 11 is 1.22. The second-order valence-corrected chi connectivity index (χ2v) is 9.81. The van der Waals surface area contributed by atoms with Crippen molar-refractivity contribution >= 4 is 42.4 Å². The smallest absolute Gasteiger partial charge is 0.260 e. The standard InChI is InChI=1S/C22H17FN2O3S2/c1-30(27,28)18-10-11-19-20(13-18)29-22(24-19)25(14-15-6-3-2-4-7-15)21(26)16-8-5-9-17(23)12-16/h2-13H,14H2,1H3. The molecule has 0 atom stereocenters. The third-order valence-corrected chi connectivity index (χ3v) is 6.66. The number of anilines is 1. The number of sulfone groups is 1. The van der Waals surface area contributed by atoms with Gasteiger partial charge in [0.1, 0.15) is 5.82 Å². The van der Waals surface area contributed by atoms with Crippen LogP contribution >= 0.6 is 11.3 Å². The highest BCUT2D eigenvalue weighted by molar-refractivity contribution is 7.90. The van der Waals surface area contributed by atoms with Crippen LogP contribution in [-0.4, -0.2) is 25.6 Å². The van der Waals surface area contributed by atoms with Crippen LogP contribution in [0.25, 0.3) is 10.2 Å². The van der Waals surface area contributed by atoms with Gasteiger partial charge >= 0.3 is 0 Å². The topological polar surface area (TPSA) is 67.3 Å². The second-order valence-electron chi connectivity index (χ2n) is 6.79. The minimum Gasteiger partial charge on any atom is -0.279 e. The van der Waals surface area contributed by atoms with Gasteiger partial charge in [-0.05, 0) is 42.0 Å². The van der Waals surface area contributed by atoms with E-state index in [1.54, 1.807) is 18.2 Å². The molecule has 1 heterocycles. The molecular formula is C22H17FN2O3S2. The zero-order valence-electron chi connectivity index (χ0n) is 15.9. The van der Waals surface area contributed by atoms with E-state index < -0.39 is 15.7 Å². The van der Waals surface area contributed by atoms with Crippen molar-refractivity contribution in [2.75, 3.05) is 11.2 Å². The molecule has 0 radical (unpaired) electrons. The molecule has 8 heteroatoms. The van der Waals surface area contributed by atoms with Gasteiger partial charge in [-0.3, -0.25) is 9.69 Å². The zero-order chi connectivity index (χ0) is 21.3. The van der Waals surface area contributed by atoms with Crippen LogP contribution in [0.5, 0.6) is 0 Å². The van der Waals surface area contributed by atoms with Crippen molar-refractivity contribution in [1.82, 2.24) is 4.98 Å². The number of fused-ring (bicyclic) bond motifs is 1. The van der Waals surface area contributed by atoms with E-state index in [9.17, 15) is 17.6 Å². The third-order valence-electron chi connectivity index (χ3n) is 4.51. The van der Waals surface area contributed by atoms with Gasteiger partial charge < -0.3 is 0 Å². The van der Waals surface area contributed by atoms with Crippen molar-refractivity contribution in [3.63, 3.8) is 0 Å². The summed E-state index contributed by atoms with van der Waals surface area (Å²) in [7, 11) is -3.36. The van der Waals surface area contributed by atoms with Gasteiger partial charge in [-0.25, -0.2) is 17.8 Å². The van der Waals surface area contributed by atoms with Crippen molar-refractivity contribution in [3.8, 4) is 0 Å². The Kier molecular flexibility index (Phi) is 5.36. The molecule has 0 fully saturated rings. The lowest BCUT2D eigenvalue weighted by Crippen LogP contribution is -2.30. The number of thiazole rings is 1. The maximum atomic E-state index is 13.7. The first-order valence-electron chi connectivity index (χ1n) is 9.03. The second kappa shape index (κ2) is 7.97. The normalized spacial score (nSPS) is 11.5. The van der Waals surface area contributed by atoms with E-state index in [0.717, 1.165) is 11.8 Å². The van der Waals surface area contributed by atoms with E-state index in [1.165, 1.54) is 40.5 Å². The third kappa shape index (κ3) is 4.24. The number of carbonyl (C=O) groups excluding carboxylic acids is 1. The summed E-state index contributed by atoms with van der Waals surface area (Å²) < 4.78 is 38.1. The van der Waals surface area contributed by atoms with Gasteiger partial charge in [-0.15, -0.1) is 0 Å². The summed E-state index contributed by atoms with van der Waals surface area (Å²) in [6.07, 6.45) is 1.14. The van der Waals surface area contributed by atoms with Gasteiger partial charge in [0.2, 0.25) is 0 Å². The first-order valence-corrected chi connectivity index (χ1v) is 11.7. The van der Waals surface area contributed by atoms with Crippen LogP contribution in [0.15, 0.2) is 77.7 Å². The number of amides is 1. The Bertz CT molecular complexity index is 1340. The zero-order valence-corrected chi connectivity index (χ0v) is 17.6. The molecule has 3 aromatic carbocycles. The first-order chi connectivity index (χ1) is 14.3. The highest BCUT2D eigenvalue weighted by Gasteiger charge is 2.22. The summed E-state index contributed by atoms with van der Waals surface area (Å²) in [6, 6.07) is 19.6. The molecule has 0 aliphatic heterocycles. The number of benzene rings is 3. The number of hydrogen-bond acceptors (Lipinski definition) is 5. The maximum Gasteiger partial charge on any atom is 0.260 e. The average molecular weight is 441 g/mol. The summed E-state index contributed by atoms with van der Waals surface area (Å²) in [4.78, 5) is 19.4. The summed E-state index contributed by atoms with van der Waals surface area (Å²) in [5.41, 5.74) is 1.69. The largest absolute Gasteiger partial charge is 0.279 e. The van der Waals surface area contributed by atoms with Gasteiger partial charge in [0.05, 0.1) is 21.7 Å². The van der Waals surface area contributed by atoms with Gasteiger partial charge in [0, 0.05) is 11.8 Å². The molecule has 4 aromatic rings. The summed E-state index contributed by atoms with van der Waals surface area (Å²) in [5.74, 6) is -0.886. The van der Waals surface area contributed by atoms with E-state index in [2.05, 4.69) is 4.98 Å². The highest BCUT2D eigenvalue weighted by Crippen LogP contribution is 2.32. The lowest BCUT2D eigenvalue weighted by atomic mass is 10.1. The highest BCUT2D eigenvalue weighted by atomic mass is 32.2. The molecule has 0 saturated carbocycles. The fraction of sp³-hybridized carbons (Fsp3) is 0.0909. The number of rotatable bonds is 5. The Hall–Kier alpha value is -3.10. The molecule has 0 saturated heterocycles. The number of hydrogen-bond donors (Lipinski definition) is 0. The van der Waals surface area contributed by atoms with E-state index in [0.29, 0.717) is 15.3 Å². The van der Waals surface area contributed by atoms with Crippen molar-refractivity contribution < 1.29 is 17.6 Å². The van der Waals surface area contributed by atoms with E-state index in [-0.39, 0.29) is 22.9 Å². The maximum absolute atomic E-state index is 13.7. The summed E-state index contributed by atoms with van der Waals surface area (Å²) in [6.45, 7) is 0.245. The lowest BCUT2D eigenvalue weighted by Gasteiger charge is -2.20. The Morgan fingerprint density at radius 1 is 1.03 bits per heavy atom. The van der Waals surface area contributed by atoms with Crippen LogP contribution in [0.2, 0.25) is 0 Å². The number of halogens is 1. The first kappa shape index (κ1) is 20.2. The van der Waals surface area contributed by atoms with Gasteiger partial charge in [-0.1, -0.05) is 47.7 Å². The number of carbonyl (C=O) groups is 1. The SMILES string of the molecule is CS(=O)(=O)c1ccc2nc(N(Cc3ccccc3)C(=O)c3cccc(F)c3)sc2c1. The van der Waals surface area contributed by atoms with E-state index >= 15 is 0 Å². The van der Waals surface area contributed by atoms with Crippen LogP contribution in [0.4, 0.5) is 9.52 Å². The van der Waals surface area contributed by atoms with E-state index in [4.69, 9.17) is 0 Å². The van der Waals surface area contributed by atoms with Crippen molar-refractivity contribution in [1.29, 1.82) is 0 Å². The molecule has 0 aliphatic rings. The molecule has 0 spiro atoms. The minimum atomic E-state index is -3.36. The minimum absolute atomic E-state index is 0.191. The van der Waals surface area contributed by atoms with Crippen molar-refractivity contribution in [3.05, 3.63) is 89.7 Å². The molecule has 1 aromatic heterocycles. The molecule has 152 valence electrons. The van der Waals surface area contributed by atoms with Crippen molar-refractivity contribution in [2.24, 2.45) is 0 Å². The molecule has 30 heavy (non-hydrogen) atoms. The number of nitrogens with zero attached hydrogens (tertiary/aromatic N) is 2. The number of aromatic nitrogens is 1. The predicted molar refractivity (Wildman–Crippen MR) is 116 cm³/mol. The summed E-state index contributed by atoms with van der Waals surface area (Å²) in [5, 5.41) is 0.411. The molecule has 4 rings (SSSR count). The molecule has 0 N–H and O–H groups in total. The molecule has 5 nitrogen and oxygen atoms in total. The predicted octanol–water partition coefficient (Wildman–Crippen LogP) is 4.69. The quantitative estimate of drug-likeness (QED) is 0.452. The fourth-order valence-corrected chi connectivity index (χ4v) is 4.73. The fourth-order valence-electron chi connectivity index (χ4n) is 3.01. The molecule has 0 aliphatic carbocycles. The molecule has 0 unspecified atom stereocenters. The van der Waals surface area contributed by atoms with Crippen LogP contribution in [0, 0.1) is 5.82 Å². The van der Waals surface area contributed by atoms with Gasteiger partial charge in [0.25, 0.3) is 5.91 Å². The van der Waals surface area contributed by atoms with Crippen LogP contribution in [-0.2, 0) is 16.4 Å². The Morgan fingerprint density at radius 2 is 1.80 bits per heavy atom. The lowest BCUT2D eigenvalue weighted by molar-refractivity contribution is 0.0984. The van der Waals surface area contributed by atoms with E-state index in [1.807, 2.05) is 30.3 Å². The Labute approximate surface area is 177 Å². The van der Waals surface area contributed by atoms with Gasteiger partial charge in [0.15, 0.2) is 15.0 Å². The van der Waals surface area contributed by atoms with Crippen molar-refractivity contribution in [2.45, 2.75) is 11.4 Å². The monoisotopic (exact) mass is 440 g/mol. The van der Waals surface area contributed by atoms with Gasteiger partial charge in [-0.2, -0.15) is 0 Å². The van der Waals surface area contributed by atoms with Crippen LogP contribution < -0.4 is 4.90 Å². The average Bonchev–Trinajstić information content (AvgIpc) is 3.14.